The third kappa shape index (κ3) is 4.60. The number of hydrogen-bond acceptors (Lipinski definition) is 4. The van der Waals surface area contributed by atoms with E-state index in [1.165, 1.54) is 4.57 Å². The average Bonchev–Trinajstić information content (AvgIpc) is 3.87. The Balaban J connectivity index is 1.27. The van der Waals surface area contributed by atoms with Crippen LogP contribution in [0, 0.1) is 0 Å². The van der Waals surface area contributed by atoms with Crippen molar-refractivity contribution in [3.63, 3.8) is 0 Å². The summed E-state index contributed by atoms with van der Waals surface area (Å²) < 4.78 is 95.9. The lowest BCUT2D eigenvalue weighted by molar-refractivity contribution is 0.669. The lowest BCUT2D eigenvalue weighted by Gasteiger charge is -2.11. The molecule has 0 unspecified atom stereocenters. The topological polar surface area (TPSA) is 56.7 Å². The summed E-state index contributed by atoms with van der Waals surface area (Å²) in [5, 5.41) is -0.111. The molecule has 5 heteroatoms. The molecule has 0 bridgehead atoms. The van der Waals surface area contributed by atoms with Gasteiger partial charge in [0.05, 0.1) is 24.7 Å². The second-order valence-electron chi connectivity index (χ2n) is 11.7. The number of fused-ring (bicyclic) bond motifs is 7. The number of hydrogen-bond donors (Lipinski definition) is 0. The summed E-state index contributed by atoms with van der Waals surface area (Å²) in [6.07, 6.45) is 0. The van der Waals surface area contributed by atoms with Crippen LogP contribution in [0.25, 0.3) is 94.7 Å². The van der Waals surface area contributed by atoms with Crippen LogP contribution in [0.15, 0.2) is 174 Å². The van der Waals surface area contributed by atoms with E-state index in [4.69, 9.17) is 29.0 Å². The Morgan fingerprint density at radius 1 is 0.440 bits per heavy atom. The second-order valence-corrected chi connectivity index (χ2v) is 11.7. The van der Waals surface area contributed by atoms with Crippen LogP contribution in [0.4, 0.5) is 0 Å². The smallest absolute Gasteiger partial charge is 0.238 e. The van der Waals surface area contributed by atoms with Gasteiger partial charge in [-0.05, 0) is 52.5 Å². The number of aromatic nitrogens is 4. The first-order chi connectivity index (χ1) is 28.9. The van der Waals surface area contributed by atoms with E-state index >= 15 is 0 Å². The summed E-state index contributed by atoms with van der Waals surface area (Å²) in [6.45, 7) is 0. The summed E-state index contributed by atoms with van der Waals surface area (Å²) in [5.41, 5.74) is 4.69. The summed E-state index contributed by atoms with van der Waals surface area (Å²) in [6, 6.07) is 30.1. The van der Waals surface area contributed by atoms with Crippen molar-refractivity contribution in [1.82, 2.24) is 19.5 Å². The van der Waals surface area contributed by atoms with Gasteiger partial charge in [-0.3, -0.25) is 4.57 Å². The van der Waals surface area contributed by atoms with E-state index in [-0.39, 0.29) is 61.3 Å². The molecule has 0 fully saturated rings. The molecule has 234 valence electrons. The Kier molecular flexibility index (Phi) is 4.52. The van der Waals surface area contributed by atoms with Crippen LogP contribution < -0.4 is 0 Å². The van der Waals surface area contributed by atoms with Gasteiger partial charge in [0.1, 0.15) is 11.2 Å². The molecule has 0 N–H and O–H groups in total. The van der Waals surface area contributed by atoms with E-state index in [9.17, 15) is 4.11 Å². The number of para-hydroxylation sites is 2. The molecule has 0 aliphatic carbocycles. The van der Waals surface area contributed by atoms with Crippen LogP contribution >= 0.6 is 0 Å². The van der Waals surface area contributed by atoms with Crippen molar-refractivity contribution in [1.29, 1.82) is 0 Å². The highest BCUT2D eigenvalue weighted by Gasteiger charge is 2.21. The minimum Gasteiger partial charge on any atom is -0.456 e. The molecule has 0 atom stereocenters. The van der Waals surface area contributed by atoms with Crippen molar-refractivity contribution in [2.45, 2.75) is 0 Å². The molecule has 0 aliphatic heterocycles. The highest BCUT2D eigenvalue weighted by molar-refractivity contribution is 6.27. The quantitative estimate of drug-likeness (QED) is 0.186. The number of nitrogens with zero attached hydrogens (tertiary/aromatic N) is 4. The molecule has 0 aliphatic rings. The minimum atomic E-state index is -0.563. The van der Waals surface area contributed by atoms with Gasteiger partial charge in [-0.15, -0.1) is 0 Å². The van der Waals surface area contributed by atoms with E-state index in [2.05, 4.69) is 24.3 Å². The third-order valence-corrected chi connectivity index (χ3v) is 8.78. The molecule has 3 aromatic heterocycles. The van der Waals surface area contributed by atoms with Gasteiger partial charge < -0.3 is 4.42 Å². The Morgan fingerprint density at radius 2 is 1.02 bits per heavy atom. The molecule has 0 saturated carbocycles. The van der Waals surface area contributed by atoms with Crippen molar-refractivity contribution in [3.05, 3.63) is 170 Å². The van der Waals surface area contributed by atoms with E-state index < -0.39 is 60.4 Å². The first-order valence-electron chi connectivity index (χ1n) is 20.9. The average molecular weight is 651 g/mol. The zero-order chi connectivity index (χ0) is 41.7. The van der Waals surface area contributed by atoms with E-state index in [0.29, 0.717) is 11.1 Å². The summed E-state index contributed by atoms with van der Waals surface area (Å²) in [7, 11) is 0. The summed E-state index contributed by atoms with van der Waals surface area (Å²) in [5.74, 6) is 0.346. The maximum Gasteiger partial charge on any atom is 0.238 e. The largest absolute Gasteiger partial charge is 0.456 e. The van der Waals surface area contributed by atoms with Crippen LogP contribution in [0.3, 0.4) is 0 Å². The molecule has 3 heterocycles. The molecule has 0 amide bonds. The SMILES string of the molecule is [2H]c1c([2H])c([2H])c2c(oc3c([2H])c([2H])c4c(c5c([2H])c([2H])c([2H])c([2H])c5n4-c4nc(-c5ccccc5)nc(-c5ccc(-c6cccc(-c7ccccc7)c6)cc5)n4)c32)c1[2H]. The van der Waals surface area contributed by atoms with E-state index in [0.717, 1.165) is 22.3 Å². The van der Waals surface area contributed by atoms with Gasteiger partial charge in [0.2, 0.25) is 5.95 Å². The Morgan fingerprint density at radius 3 is 1.76 bits per heavy atom. The fraction of sp³-hybridized carbons (Fsp3) is 0. The van der Waals surface area contributed by atoms with Crippen LogP contribution in [0.1, 0.15) is 13.7 Å². The van der Waals surface area contributed by atoms with Crippen molar-refractivity contribution in [2.75, 3.05) is 0 Å². The van der Waals surface area contributed by atoms with Crippen molar-refractivity contribution in [2.24, 2.45) is 0 Å². The monoisotopic (exact) mass is 650 g/mol. The van der Waals surface area contributed by atoms with Crippen molar-refractivity contribution in [3.8, 4) is 51.0 Å². The second kappa shape index (κ2) is 11.4. The van der Waals surface area contributed by atoms with Gasteiger partial charge >= 0.3 is 0 Å². The van der Waals surface area contributed by atoms with Crippen molar-refractivity contribution < 1.29 is 18.1 Å². The normalized spacial score (nSPS) is 14.4. The highest BCUT2D eigenvalue weighted by Crippen LogP contribution is 2.41. The van der Waals surface area contributed by atoms with Gasteiger partial charge in [-0.1, -0.05) is 139 Å². The van der Waals surface area contributed by atoms with Gasteiger partial charge in [-0.25, -0.2) is 4.98 Å². The van der Waals surface area contributed by atoms with Gasteiger partial charge in [0, 0.05) is 32.7 Å². The van der Waals surface area contributed by atoms with E-state index in [1.54, 1.807) is 0 Å². The number of furan rings is 1. The van der Waals surface area contributed by atoms with E-state index in [1.807, 2.05) is 84.9 Å². The first kappa shape index (κ1) is 19.8. The van der Waals surface area contributed by atoms with Gasteiger partial charge in [0.25, 0.3) is 0 Å². The standard InChI is InChI=1S/C45H28N4O/c1-3-12-29(13-4-1)33-16-11-17-34(28-33)30-22-24-32(25-23-30)44-46-43(31-14-5-2-6-15-31)47-45(48-44)49-37-20-9-7-18-35(37)41-38(49)26-27-40-42(41)36-19-8-10-21-39(36)50-40/h1-28H/i7D,8D,9D,10D,18D,19D,20D,21D,26D,27D. The third-order valence-electron chi connectivity index (χ3n) is 8.78. The van der Waals surface area contributed by atoms with Crippen molar-refractivity contribution >= 4 is 43.7 Å². The van der Waals surface area contributed by atoms with Crippen LogP contribution in [-0.2, 0) is 0 Å². The maximum absolute atomic E-state index is 9.39. The molecule has 0 spiro atoms. The van der Waals surface area contributed by atoms with Gasteiger partial charge in [-0.2, -0.15) is 9.97 Å². The number of rotatable bonds is 5. The lowest BCUT2D eigenvalue weighted by Crippen LogP contribution is -2.06. The molecule has 0 saturated heterocycles. The Bertz CT molecular complexity index is 3430. The summed E-state index contributed by atoms with van der Waals surface area (Å²) >= 11 is 0. The maximum atomic E-state index is 9.39. The molecule has 10 rings (SSSR count). The van der Waals surface area contributed by atoms with Gasteiger partial charge in [0.15, 0.2) is 11.6 Å². The molecule has 0 radical (unpaired) electrons. The molecule has 7 aromatic carbocycles. The zero-order valence-electron chi connectivity index (χ0n) is 36.1. The zero-order valence-corrected chi connectivity index (χ0v) is 26.1. The molecular weight excluding hydrogens is 613 g/mol. The predicted octanol–water partition coefficient (Wildman–Crippen LogP) is 11.5. The molecular formula is C45H28N4O. The Hall–Kier alpha value is -6.85. The molecule has 10 aromatic rings. The molecule has 5 nitrogen and oxygen atoms in total. The van der Waals surface area contributed by atoms with Crippen LogP contribution in [0.5, 0.6) is 0 Å². The Labute approximate surface area is 301 Å². The minimum absolute atomic E-state index is 0.00580. The predicted molar refractivity (Wildman–Crippen MR) is 203 cm³/mol. The summed E-state index contributed by atoms with van der Waals surface area (Å²) in [4.78, 5) is 14.6. The number of benzene rings is 7. The highest BCUT2D eigenvalue weighted by atomic mass is 16.3. The van der Waals surface area contributed by atoms with Crippen LogP contribution in [0.2, 0.25) is 0 Å². The molecule has 50 heavy (non-hydrogen) atoms. The lowest BCUT2D eigenvalue weighted by atomic mass is 9.98. The first-order valence-corrected chi connectivity index (χ1v) is 15.9. The fourth-order valence-electron chi connectivity index (χ4n) is 6.45. The fourth-order valence-corrected chi connectivity index (χ4v) is 6.45. The van der Waals surface area contributed by atoms with Crippen LogP contribution in [-0.4, -0.2) is 19.5 Å².